The Morgan fingerprint density at radius 1 is 1.30 bits per heavy atom. The largest absolute Gasteiger partial charge is 0.459 e. The minimum atomic E-state index is -0.688. The maximum atomic E-state index is 12.9. The van der Waals surface area contributed by atoms with Crippen LogP contribution in [0.15, 0.2) is 35.5 Å². The average Bonchev–Trinajstić information content (AvgIpc) is 2.66. The van der Waals surface area contributed by atoms with Crippen LogP contribution < -0.4 is 10.6 Å². The first-order valence-corrected chi connectivity index (χ1v) is 10.6. The van der Waals surface area contributed by atoms with Crippen LogP contribution in [0.3, 0.4) is 0 Å². The van der Waals surface area contributed by atoms with Gasteiger partial charge in [0, 0.05) is 17.9 Å². The highest BCUT2D eigenvalue weighted by molar-refractivity contribution is 6.32. The second-order valence-electron chi connectivity index (χ2n) is 7.57. The van der Waals surface area contributed by atoms with E-state index in [0.29, 0.717) is 29.1 Å². The molecule has 0 saturated heterocycles. The number of rotatable bonds is 8. The van der Waals surface area contributed by atoms with Crippen LogP contribution in [0.25, 0.3) is 0 Å². The minimum absolute atomic E-state index is 0.268. The minimum Gasteiger partial charge on any atom is -0.459 e. The number of benzene rings is 1. The van der Waals surface area contributed by atoms with E-state index in [0.717, 1.165) is 12.8 Å². The average molecular weight is 436 g/mol. The number of carbonyl (C=O) groups excluding carboxylic acids is 3. The fraction of sp³-hybridized carbons (Fsp3) is 0.500. The Bertz CT molecular complexity index is 835. The fourth-order valence-electron chi connectivity index (χ4n) is 3.20. The molecule has 8 heteroatoms. The summed E-state index contributed by atoms with van der Waals surface area (Å²) in [6.45, 7) is 9.46. The molecule has 1 aliphatic heterocycles. The Labute approximate surface area is 182 Å². The fourth-order valence-corrected chi connectivity index (χ4v) is 3.25. The Hall–Kier alpha value is -2.54. The van der Waals surface area contributed by atoms with Crippen LogP contribution in [0.1, 0.15) is 59.1 Å². The number of carbonyl (C=O) groups is 3. The van der Waals surface area contributed by atoms with E-state index in [4.69, 9.17) is 16.3 Å². The number of hydrogen-bond acceptors (Lipinski definition) is 4. The molecule has 2 unspecified atom stereocenters. The standard InChI is InChI=1S/C22H30ClN3O4/c1-6-7-11-26-15(5)18(21(28)30-13(2)3)19(25-22(26)29)16-9-8-10-17(12-16)24-20(27)14(4)23/h8-10,12-14,19H,6-7,11H2,1-5H3,(H,24,27)(H,25,29). The summed E-state index contributed by atoms with van der Waals surface area (Å²) < 4.78 is 5.46. The molecular formula is C22H30ClN3O4. The van der Waals surface area contributed by atoms with E-state index in [1.807, 2.05) is 6.92 Å². The number of urea groups is 1. The Morgan fingerprint density at radius 3 is 2.60 bits per heavy atom. The first-order chi connectivity index (χ1) is 14.1. The van der Waals surface area contributed by atoms with Crippen molar-refractivity contribution < 1.29 is 19.1 Å². The van der Waals surface area contributed by atoms with E-state index in [1.165, 1.54) is 0 Å². The van der Waals surface area contributed by atoms with Crippen LogP contribution in [0.5, 0.6) is 0 Å². The van der Waals surface area contributed by atoms with Crippen molar-refractivity contribution in [3.8, 4) is 0 Å². The number of unbranched alkanes of at least 4 members (excludes halogenated alkanes) is 1. The van der Waals surface area contributed by atoms with E-state index >= 15 is 0 Å². The zero-order chi connectivity index (χ0) is 22.4. The van der Waals surface area contributed by atoms with Crippen molar-refractivity contribution >= 4 is 35.2 Å². The van der Waals surface area contributed by atoms with Crippen LogP contribution in [0.2, 0.25) is 0 Å². The number of anilines is 1. The third-order valence-electron chi connectivity index (χ3n) is 4.74. The molecule has 2 rings (SSSR count). The Morgan fingerprint density at radius 2 is 2.00 bits per heavy atom. The molecule has 2 N–H and O–H groups in total. The number of esters is 1. The van der Waals surface area contributed by atoms with Gasteiger partial charge in [0.05, 0.1) is 17.7 Å². The van der Waals surface area contributed by atoms with Crippen LogP contribution in [-0.2, 0) is 14.3 Å². The van der Waals surface area contributed by atoms with Crippen LogP contribution >= 0.6 is 11.6 Å². The third kappa shape index (κ3) is 5.75. The normalized spacial score (nSPS) is 17.6. The Balaban J connectivity index is 2.46. The topological polar surface area (TPSA) is 87.7 Å². The monoisotopic (exact) mass is 435 g/mol. The quantitative estimate of drug-likeness (QED) is 0.469. The predicted octanol–water partition coefficient (Wildman–Crippen LogP) is 4.34. The van der Waals surface area contributed by atoms with Gasteiger partial charge < -0.3 is 15.4 Å². The van der Waals surface area contributed by atoms with Crippen molar-refractivity contribution in [2.24, 2.45) is 0 Å². The maximum absolute atomic E-state index is 12.9. The van der Waals surface area contributed by atoms with Crippen molar-refractivity contribution in [2.45, 2.75) is 65.0 Å². The van der Waals surface area contributed by atoms with Crippen molar-refractivity contribution in [3.05, 3.63) is 41.1 Å². The van der Waals surface area contributed by atoms with Crippen molar-refractivity contribution in [1.82, 2.24) is 10.2 Å². The molecule has 0 aliphatic carbocycles. The molecule has 1 heterocycles. The lowest BCUT2D eigenvalue weighted by molar-refractivity contribution is -0.143. The van der Waals surface area contributed by atoms with Crippen molar-refractivity contribution in [3.63, 3.8) is 0 Å². The van der Waals surface area contributed by atoms with Gasteiger partial charge in [0.15, 0.2) is 0 Å². The zero-order valence-corrected chi connectivity index (χ0v) is 18.9. The molecule has 0 radical (unpaired) electrons. The SMILES string of the molecule is CCCCN1C(=O)NC(c2cccc(NC(=O)C(C)Cl)c2)C(C(=O)OC(C)C)=C1C. The van der Waals surface area contributed by atoms with Gasteiger partial charge in [-0.25, -0.2) is 9.59 Å². The van der Waals surface area contributed by atoms with Gasteiger partial charge >= 0.3 is 12.0 Å². The molecule has 3 amide bonds. The van der Waals surface area contributed by atoms with E-state index in [9.17, 15) is 14.4 Å². The van der Waals surface area contributed by atoms with Crippen LogP contribution in [0.4, 0.5) is 10.5 Å². The lowest BCUT2D eigenvalue weighted by Gasteiger charge is -2.35. The second kappa shape index (κ2) is 10.5. The molecule has 164 valence electrons. The summed E-state index contributed by atoms with van der Waals surface area (Å²) in [5.41, 5.74) is 2.15. The van der Waals surface area contributed by atoms with Gasteiger partial charge in [-0.1, -0.05) is 25.5 Å². The van der Waals surface area contributed by atoms with Crippen molar-refractivity contribution in [2.75, 3.05) is 11.9 Å². The zero-order valence-electron chi connectivity index (χ0n) is 18.1. The lowest BCUT2D eigenvalue weighted by atomic mass is 9.94. The summed E-state index contributed by atoms with van der Waals surface area (Å²) in [4.78, 5) is 39.2. The van der Waals surface area contributed by atoms with E-state index in [-0.39, 0.29) is 18.0 Å². The van der Waals surface area contributed by atoms with Crippen LogP contribution in [0, 0.1) is 0 Å². The summed E-state index contributed by atoms with van der Waals surface area (Å²) in [6.07, 6.45) is 1.45. The van der Waals surface area contributed by atoms with Gasteiger partial charge in [-0.15, -0.1) is 11.6 Å². The van der Waals surface area contributed by atoms with Crippen molar-refractivity contribution in [1.29, 1.82) is 0 Å². The highest BCUT2D eigenvalue weighted by atomic mass is 35.5. The lowest BCUT2D eigenvalue weighted by Crippen LogP contribution is -2.48. The molecular weight excluding hydrogens is 406 g/mol. The van der Waals surface area contributed by atoms with Gasteiger partial charge in [-0.2, -0.15) is 0 Å². The van der Waals surface area contributed by atoms with E-state index in [1.54, 1.807) is 56.9 Å². The first-order valence-electron chi connectivity index (χ1n) is 10.2. The van der Waals surface area contributed by atoms with Gasteiger partial charge in [-0.3, -0.25) is 9.69 Å². The molecule has 7 nitrogen and oxygen atoms in total. The number of amides is 3. The van der Waals surface area contributed by atoms with Gasteiger partial charge in [0.2, 0.25) is 5.91 Å². The molecule has 30 heavy (non-hydrogen) atoms. The summed E-state index contributed by atoms with van der Waals surface area (Å²) in [5.74, 6) is -0.809. The predicted molar refractivity (Wildman–Crippen MR) is 117 cm³/mol. The Kier molecular flexibility index (Phi) is 8.29. The highest BCUT2D eigenvalue weighted by Crippen LogP contribution is 2.33. The molecule has 0 aromatic heterocycles. The summed E-state index contributed by atoms with van der Waals surface area (Å²) >= 11 is 5.83. The number of allylic oxidation sites excluding steroid dienone is 1. The van der Waals surface area contributed by atoms with Gasteiger partial charge in [0.25, 0.3) is 0 Å². The second-order valence-corrected chi connectivity index (χ2v) is 8.23. The molecule has 1 aromatic carbocycles. The van der Waals surface area contributed by atoms with Gasteiger partial charge in [-0.05, 0) is 51.8 Å². The molecule has 0 spiro atoms. The summed E-state index contributed by atoms with van der Waals surface area (Å²) in [6, 6.07) is 6.03. The smallest absolute Gasteiger partial charge is 0.338 e. The third-order valence-corrected chi connectivity index (χ3v) is 4.94. The molecule has 2 atom stereocenters. The number of halogens is 1. The highest BCUT2D eigenvalue weighted by Gasteiger charge is 2.36. The van der Waals surface area contributed by atoms with E-state index in [2.05, 4.69) is 10.6 Å². The number of alkyl halides is 1. The number of ether oxygens (including phenoxy) is 1. The number of nitrogens with one attached hydrogen (secondary N) is 2. The van der Waals surface area contributed by atoms with Gasteiger partial charge in [0.1, 0.15) is 5.38 Å². The molecule has 1 aliphatic rings. The van der Waals surface area contributed by atoms with Crippen LogP contribution in [-0.4, -0.2) is 40.8 Å². The maximum Gasteiger partial charge on any atom is 0.338 e. The molecule has 1 aromatic rings. The van der Waals surface area contributed by atoms with E-state index < -0.39 is 17.4 Å². The number of nitrogens with zero attached hydrogens (tertiary/aromatic N) is 1. The molecule has 0 fully saturated rings. The molecule has 0 saturated carbocycles. The molecule has 0 bridgehead atoms. The summed E-state index contributed by atoms with van der Waals surface area (Å²) in [5, 5.41) is 4.96. The first kappa shape index (κ1) is 23.7. The number of hydrogen-bond donors (Lipinski definition) is 2. The summed E-state index contributed by atoms with van der Waals surface area (Å²) in [7, 11) is 0.